The summed E-state index contributed by atoms with van der Waals surface area (Å²) in [6.45, 7) is 1.55. The summed E-state index contributed by atoms with van der Waals surface area (Å²) in [4.78, 5) is 29.9. The van der Waals surface area contributed by atoms with Crippen LogP contribution in [0, 0.1) is 0 Å². The van der Waals surface area contributed by atoms with Gasteiger partial charge in [-0.15, -0.1) is 11.3 Å². The number of rotatable bonds is 4. The maximum Gasteiger partial charge on any atom is 0.316 e. The Morgan fingerprint density at radius 1 is 1.61 bits per heavy atom. The lowest BCUT2D eigenvalue weighted by atomic mass is 10.3. The molecular formula is C11H10N2O3S2. The molecule has 1 unspecified atom stereocenters. The summed E-state index contributed by atoms with van der Waals surface area (Å²) in [7, 11) is 0. The molecule has 7 heteroatoms. The molecule has 2 heterocycles. The second-order valence-corrected chi connectivity index (χ2v) is 5.79. The minimum atomic E-state index is -0.941. The van der Waals surface area contributed by atoms with Crippen LogP contribution in [-0.4, -0.2) is 26.3 Å². The maximum absolute atomic E-state index is 11.5. The smallest absolute Gasteiger partial charge is 0.316 e. The van der Waals surface area contributed by atoms with E-state index in [-0.39, 0.29) is 5.56 Å². The molecule has 0 aliphatic rings. The molecule has 0 aliphatic carbocycles. The van der Waals surface area contributed by atoms with Crippen LogP contribution in [0.5, 0.6) is 0 Å². The fraction of sp³-hybridized carbons (Fsp3) is 0.182. The van der Waals surface area contributed by atoms with Crippen molar-refractivity contribution in [3.63, 3.8) is 0 Å². The van der Waals surface area contributed by atoms with Gasteiger partial charge in [-0.25, -0.2) is 4.98 Å². The molecule has 0 bridgehead atoms. The molecule has 0 spiro atoms. The summed E-state index contributed by atoms with van der Waals surface area (Å²) in [6, 6.07) is 5.14. The minimum absolute atomic E-state index is 0.284. The van der Waals surface area contributed by atoms with Gasteiger partial charge in [0.1, 0.15) is 5.25 Å². The van der Waals surface area contributed by atoms with Crippen molar-refractivity contribution >= 4 is 29.1 Å². The molecule has 2 N–H and O–H groups in total. The fourth-order valence-corrected chi connectivity index (χ4v) is 2.69. The van der Waals surface area contributed by atoms with Gasteiger partial charge in [0.05, 0.1) is 10.6 Å². The van der Waals surface area contributed by atoms with Crippen LogP contribution in [0.1, 0.15) is 6.92 Å². The number of H-pyrrole nitrogens is 1. The third kappa shape index (κ3) is 2.99. The molecule has 2 aromatic rings. The van der Waals surface area contributed by atoms with Crippen LogP contribution in [0.15, 0.2) is 33.5 Å². The van der Waals surface area contributed by atoms with Crippen molar-refractivity contribution in [3.8, 4) is 10.6 Å². The summed E-state index contributed by atoms with van der Waals surface area (Å²) in [5, 5.41) is 10.4. The highest BCUT2D eigenvalue weighted by Gasteiger charge is 2.15. The van der Waals surface area contributed by atoms with Crippen LogP contribution in [-0.2, 0) is 4.79 Å². The normalized spacial score (nSPS) is 12.3. The van der Waals surface area contributed by atoms with Gasteiger partial charge in [-0.3, -0.25) is 9.59 Å². The molecule has 0 fully saturated rings. The molecule has 0 radical (unpaired) electrons. The lowest BCUT2D eigenvalue weighted by molar-refractivity contribution is -0.136. The van der Waals surface area contributed by atoms with E-state index in [1.165, 1.54) is 17.4 Å². The maximum atomic E-state index is 11.5. The number of aromatic nitrogens is 2. The predicted octanol–water partition coefficient (Wildman–Crippen LogP) is 2.06. The Morgan fingerprint density at radius 3 is 3.00 bits per heavy atom. The molecule has 0 aromatic carbocycles. The summed E-state index contributed by atoms with van der Waals surface area (Å²) < 4.78 is 0. The van der Waals surface area contributed by atoms with Gasteiger partial charge in [-0.05, 0) is 18.4 Å². The molecule has 18 heavy (non-hydrogen) atoms. The molecule has 94 valence electrons. The van der Waals surface area contributed by atoms with Gasteiger partial charge in [-0.1, -0.05) is 17.8 Å². The first-order chi connectivity index (χ1) is 8.56. The van der Waals surface area contributed by atoms with Crippen LogP contribution in [0.3, 0.4) is 0 Å². The summed E-state index contributed by atoms with van der Waals surface area (Å²) in [6.07, 6.45) is 0. The average molecular weight is 282 g/mol. The van der Waals surface area contributed by atoms with Crippen molar-refractivity contribution in [3.05, 3.63) is 33.9 Å². The van der Waals surface area contributed by atoms with Gasteiger partial charge < -0.3 is 10.1 Å². The lowest BCUT2D eigenvalue weighted by Crippen LogP contribution is -2.14. The predicted molar refractivity (Wildman–Crippen MR) is 71.1 cm³/mol. The zero-order chi connectivity index (χ0) is 13.1. The van der Waals surface area contributed by atoms with E-state index in [9.17, 15) is 9.59 Å². The number of aliphatic carboxylic acids is 1. The lowest BCUT2D eigenvalue weighted by Gasteiger charge is -2.05. The quantitative estimate of drug-likeness (QED) is 0.662. The van der Waals surface area contributed by atoms with E-state index in [2.05, 4.69) is 9.97 Å². The molecule has 0 aliphatic heterocycles. The molecular weight excluding hydrogens is 272 g/mol. The molecule has 0 saturated heterocycles. The van der Waals surface area contributed by atoms with Gasteiger partial charge in [0, 0.05) is 6.07 Å². The summed E-state index contributed by atoms with van der Waals surface area (Å²) >= 11 is 2.49. The first-order valence-corrected chi connectivity index (χ1v) is 6.87. The Balaban J connectivity index is 2.33. The van der Waals surface area contributed by atoms with E-state index < -0.39 is 11.2 Å². The summed E-state index contributed by atoms with van der Waals surface area (Å²) in [5.41, 5.74) is 0.280. The number of aromatic amines is 1. The highest BCUT2D eigenvalue weighted by Crippen LogP contribution is 2.24. The molecule has 0 amide bonds. The highest BCUT2D eigenvalue weighted by atomic mass is 32.2. The monoisotopic (exact) mass is 282 g/mol. The molecule has 5 nitrogen and oxygen atoms in total. The topological polar surface area (TPSA) is 83.0 Å². The van der Waals surface area contributed by atoms with Crippen molar-refractivity contribution in [2.75, 3.05) is 0 Å². The molecule has 2 rings (SSSR count). The average Bonchev–Trinajstić information content (AvgIpc) is 2.81. The molecule has 1 atom stereocenters. The van der Waals surface area contributed by atoms with Crippen molar-refractivity contribution in [2.45, 2.75) is 17.3 Å². The van der Waals surface area contributed by atoms with E-state index in [4.69, 9.17) is 5.11 Å². The Bertz CT molecular complexity index is 607. The van der Waals surface area contributed by atoms with Crippen LogP contribution < -0.4 is 5.56 Å². The van der Waals surface area contributed by atoms with E-state index in [1.807, 2.05) is 17.5 Å². The van der Waals surface area contributed by atoms with Gasteiger partial charge in [-0.2, -0.15) is 0 Å². The second-order valence-electron chi connectivity index (χ2n) is 3.51. The van der Waals surface area contributed by atoms with Gasteiger partial charge in [0.15, 0.2) is 5.16 Å². The number of carbonyl (C=O) groups is 1. The van der Waals surface area contributed by atoms with E-state index >= 15 is 0 Å². The molecule has 2 aromatic heterocycles. The van der Waals surface area contributed by atoms with Gasteiger partial charge in [0.2, 0.25) is 0 Å². The van der Waals surface area contributed by atoms with Gasteiger partial charge >= 0.3 is 5.97 Å². The largest absolute Gasteiger partial charge is 0.480 e. The van der Waals surface area contributed by atoms with Crippen LogP contribution in [0.2, 0.25) is 0 Å². The second kappa shape index (κ2) is 5.36. The van der Waals surface area contributed by atoms with Crippen LogP contribution in [0.4, 0.5) is 0 Å². The Labute approximate surface area is 111 Å². The first kappa shape index (κ1) is 12.8. The van der Waals surface area contributed by atoms with Gasteiger partial charge in [0.25, 0.3) is 5.56 Å². The number of nitrogens with one attached hydrogen (secondary N) is 1. The minimum Gasteiger partial charge on any atom is -0.480 e. The van der Waals surface area contributed by atoms with Crippen LogP contribution in [0.25, 0.3) is 10.6 Å². The number of carboxylic acid groups (broad SMARTS) is 1. The number of carboxylic acids is 1. The number of thiophene rings is 1. The first-order valence-electron chi connectivity index (χ1n) is 5.11. The zero-order valence-corrected chi connectivity index (χ0v) is 11.0. The SMILES string of the molecule is CC(Sc1nc(-c2cccs2)cc(=O)[nH]1)C(=O)O. The van der Waals surface area contributed by atoms with E-state index in [1.54, 1.807) is 6.92 Å². The third-order valence-corrected chi connectivity index (χ3v) is 3.99. The third-order valence-electron chi connectivity index (χ3n) is 2.13. The van der Waals surface area contributed by atoms with Crippen molar-refractivity contribution < 1.29 is 9.90 Å². The standard InChI is InChI=1S/C11H10N2O3S2/c1-6(10(15)16)18-11-12-7(5-9(14)13-11)8-3-2-4-17-8/h2-6H,1H3,(H,15,16)(H,12,13,14). The number of hydrogen-bond donors (Lipinski definition) is 2. The number of hydrogen-bond acceptors (Lipinski definition) is 5. The zero-order valence-electron chi connectivity index (χ0n) is 9.41. The number of nitrogens with zero attached hydrogens (tertiary/aromatic N) is 1. The molecule has 0 saturated carbocycles. The summed E-state index contributed by atoms with van der Waals surface area (Å²) in [5.74, 6) is -0.941. The fourth-order valence-electron chi connectivity index (χ4n) is 1.26. The van der Waals surface area contributed by atoms with Crippen molar-refractivity contribution in [1.29, 1.82) is 0 Å². The Kier molecular flexibility index (Phi) is 3.83. The van der Waals surface area contributed by atoms with Crippen molar-refractivity contribution in [1.82, 2.24) is 9.97 Å². The Hall–Kier alpha value is -1.60. The van der Waals surface area contributed by atoms with Crippen molar-refractivity contribution in [2.24, 2.45) is 0 Å². The highest BCUT2D eigenvalue weighted by molar-refractivity contribution is 8.00. The number of thioether (sulfide) groups is 1. The Morgan fingerprint density at radius 2 is 2.39 bits per heavy atom. The van der Waals surface area contributed by atoms with E-state index in [0.29, 0.717) is 10.9 Å². The van der Waals surface area contributed by atoms with Crippen LogP contribution >= 0.6 is 23.1 Å². The van der Waals surface area contributed by atoms with E-state index in [0.717, 1.165) is 16.6 Å².